The molecule has 0 bridgehead atoms. The molecule has 0 radical (unpaired) electrons. The zero-order valence-electron chi connectivity index (χ0n) is 26.5. The normalized spacial score (nSPS) is 16.7. The van der Waals surface area contributed by atoms with Crippen molar-refractivity contribution in [1.82, 2.24) is 10.2 Å². The Morgan fingerprint density at radius 2 is 1.42 bits per heavy atom. The van der Waals surface area contributed by atoms with Gasteiger partial charge in [-0.25, -0.2) is 4.79 Å². The fraction of sp³-hybridized carbons (Fsp3) is 0.545. The number of para-hydroxylation sites is 2. The summed E-state index contributed by atoms with van der Waals surface area (Å²) in [4.78, 5) is 38.3. The van der Waals surface area contributed by atoms with Gasteiger partial charge in [-0.3, -0.25) is 4.79 Å². The molecular weight excluding hydrogens is 552 g/mol. The van der Waals surface area contributed by atoms with E-state index in [0.717, 1.165) is 37.8 Å². The number of nitrogens with one attached hydrogen (secondary N) is 1. The van der Waals surface area contributed by atoms with E-state index >= 15 is 0 Å². The zero-order valence-corrected chi connectivity index (χ0v) is 26.5. The minimum absolute atomic E-state index is 0.0274. The molecule has 1 amide bonds. The number of aldehydes is 1. The van der Waals surface area contributed by atoms with Crippen molar-refractivity contribution >= 4 is 18.2 Å². The number of ether oxygens (including phenoxy) is 5. The number of methoxy groups -OCH3 is 4. The van der Waals surface area contributed by atoms with Crippen LogP contribution in [-0.4, -0.2) is 83.3 Å². The number of nitrogens with zero attached hydrogens (tertiary/aromatic N) is 1. The molecule has 43 heavy (non-hydrogen) atoms. The lowest BCUT2D eigenvalue weighted by atomic mass is 9.74. The molecule has 236 valence electrons. The van der Waals surface area contributed by atoms with Crippen LogP contribution in [0.15, 0.2) is 36.4 Å². The molecule has 0 unspecified atom stereocenters. The van der Waals surface area contributed by atoms with E-state index in [9.17, 15) is 14.4 Å². The summed E-state index contributed by atoms with van der Waals surface area (Å²) >= 11 is 0. The average molecular weight is 599 g/mol. The monoisotopic (exact) mass is 598 g/mol. The highest BCUT2D eigenvalue weighted by Gasteiger charge is 2.37. The second-order valence-corrected chi connectivity index (χ2v) is 11.7. The van der Waals surface area contributed by atoms with Gasteiger partial charge in [-0.15, -0.1) is 0 Å². The number of likely N-dealkylation sites (tertiary alicyclic amines) is 1. The number of hydrogen-bond acceptors (Lipinski definition) is 9. The van der Waals surface area contributed by atoms with Gasteiger partial charge >= 0.3 is 6.09 Å². The van der Waals surface area contributed by atoms with Gasteiger partial charge in [0.05, 0.1) is 39.4 Å². The maximum Gasteiger partial charge on any atom is 0.410 e. The highest BCUT2D eigenvalue weighted by molar-refractivity contribution is 6.01. The van der Waals surface area contributed by atoms with Gasteiger partial charge in [-0.2, -0.15) is 0 Å². The Hall–Kier alpha value is -3.79. The summed E-state index contributed by atoms with van der Waals surface area (Å²) in [6, 6.07) is 11.0. The molecule has 2 aliphatic rings. The summed E-state index contributed by atoms with van der Waals surface area (Å²) < 4.78 is 26.8. The predicted octanol–water partition coefficient (Wildman–Crippen LogP) is 5.06. The lowest BCUT2D eigenvalue weighted by Crippen LogP contribution is -2.43. The van der Waals surface area contributed by atoms with Gasteiger partial charge in [0.25, 0.3) is 0 Å². The van der Waals surface area contributed by atoms with Crippen molar-refractivity contribution in [2.24, 2.45) is 5.92 Å². The molecule has 0 saturated carbocycles. The van der Waals surface area contributed by atoms with Crippen molar-refractivity contribution in [3.63, 3.8) is 0 Å². The van der Waals surface area contributed by atoms with E-state index in [-0.39, 0.29) is 17.8 Å². The van der Waals surface area contributed by atoms with Crippen LogP contribution in [0.1, 0.15) is 62.4 Å². The van der Waals surface area contributed by atoms with E-state index in [4.69, 9.17) is 23.7 Å². The van der Waals surface area contributed by atoms with Crippen LogP contribution in [0.5, 0.6) is 23.0 Å². The first-order chi connectivity index (χ1) is 20.5. The fourth-order valence-corrected chi connectivity index (χ4v) is 5.55. The Kier molecular flexibility index (Phi) is 11.8. The number of Topliss-reactive ketones (excluding diaryl/α,β-unsaturated/α-hetero) is 1. The van der Waals surface area contributed by atoms with Crippen LogP contribution in [0, 0.1) is 5.92 Å². The fourth-order valence-electron chi connectivity index (χ4n) is 5.55. The predicted molar refractivity (Wildman–Crippen MR) is 164 cm³/mol. The molecule has 2 aromatic carbocycles. The van der Waals surface area contributed by atoms with Crippen LogP contribution < -0.4 is 24.3 Å². The van der Waals surface area contributed by atoms with Crippen molar-refractivity contribution in [1.29, 1.82) is 0 Å². The molecule has 10 nitrogen and oxygen atoms in total. The molecule has 2 aromatic rings. The molecule has 0 atom stereocenters. The van der Waals surface area contributed by atoms with Crippen LogP contribution in [0.2, 0.25) is 0 Å². The Bertz CT molecular complexity index is 1240. The molecule has 2 saturated heterocycles. The highest BCUT2D eigenvalue weighted by atomic mass is 16.6. The molecule has 10 heteroatoms. The van der Waals surface area contributed by atoms with Gasteiger partial charge in [-0.1, -0.05) is 18.2 Å². The van der Waals surface area contributed by atoms with Gasteiger partial charge < -0.3 is 38.7 Å². The third-order valence-electron chi connectivity index (χ3n) is 7.85. The molecule has 0 spiro atoms. The molecule has 1 N–H and O–H groups in total. The number of piperidine rings is 2. The summed E-state index contributed by atoms with van der Waals surface area (Å²) in [6.45, 7) is 8.25. The first-order valence-electron chi connectivity index (χ1n) is 14.7. The minimum Gasteiger partial charge on any atom is -0.493 e. The maximum absolute atomic E-state index is 12.9. The second-order valence-electron chi connectivity index (χ2n) is 11.7. The van der Waals surface area contributed by atoms with Gasteiger partial charge in [0.1, 0.15) is 11.9 Å². The van der Waals surface area contributed by atoms with Crippen LogP contribution in [0.25, 0.3) is 0 Å². The van der Waals surface area contributed by atoms with Crippen LogP contribution in [0.4, 0.5) is 4.79 Å². The molecule has 0 aromatic heterocycles. The zero-order chi connectivity index (χ0) is 31.6. The van der Waals surface area contributed by atoms with E-state index < -0.39 is 11.0 Å². The highest BCUT2D eigenvalue weighted by Crippen LogP contribution is 2.42. The van der Waals surface area contributed by atoms with E-state index in [0.29, 0.717) is 54.5 Å². The summed E-state index contributed by atoms with van der Waals surface area (Å²) in [5.41, 5.74) is 0.487. The SMILES string of the molecule is COc1cccc(C(=O)C2CCN(C(=O)OC(C)(C)C)CC2)c1OC.COc1cccc(C2(C=O)CCNCC2)c1OC. The standard InChI is InChI=1S/C19H27NO5.C14H19NO3/c1-19(2,3)25-18(22)20-11-9-13(10-12-20)16(21)14-7-6-8-15(23-4)17(14)24-5;1-17-12-5-3-4-11(13(12)18-2)14(10-16)6-8-15-9-7-14/h6-8,13H,9-12H2,1-5H3;3-5,10,15H,6-9H2,1-2H3. The third-order valence-corrected chi connectivity index (χ3v) is 7.85. The van der Waals surface area contributed by atoms with Crippen LogP contribution in [0.3, 0.4) is 0 Å². The largest absolute Gasteiger partial charge is 0.493 e. The van der Waals surface area contributed by atoms with E-state index in [1.165, 1.54) is 7.11 Å². The van der Waals surface area contributed by atoms with Gasteiger partial charge in [-0.05, 0) is 77.7 Å². The number of hydrogen-bond donors (Lipinski definition) is 1. The van der Waals surface area contributed by atoms with Crippen molar-refractivity contribution in [2.45, 2.75) is 57.5 Å². The Balaban J connectivity index is 0.000000248. The number of carbonyl (C=O) groups excluding carboxylic acids is 3. The number of ketones is 1. The van der Waals surface area contributed by atoms with Gasteiger partial charge in [0.15, 0.2) is 28.8 Å². The molecule has 2 aliphatic heterocycles. The van der Waals surface area contributed by atoms with E-state index in [1.54, 1.807) is 44.4 Å². The summed E-state index contributed by atoms with van der Waals surface area (Å²) in [5, 5.41) is 3.28. The lowest BCUT2D eigenvalue weighted by molar-refractivity contribution is -0.113. The maximum atomic E-state index is 12.9. The van der Waals surface area contributed by atoms with Crippen LogP contribution >= 0.6 is 0 Å². The quantitative estimate of drug-likeness (QED) is 0.329. The number of carbonyl (C=O) groups is 3. The summed E-state index contributed by atoms with van der Waals surface area (Å²) in [5.74, 6) is 2.24. The lowest BCUT2D eigenvalue weighted by Gasteiger charge is -2.34. The number of benzene rings is 2. The molecule has 0 aliphatic carbocycles. The molecular formula is C33H46N2O8. The Morgan fingerprint density at radius 3 is 1.93 bits per heavy atom. The Labute approximate surface area is 255 Å². The summed E-state index contributed by atoms with van der Waals surface area (Å²) in [7, 11) is 6.30. The van der Waals surface area contributed by atoms with Crippen molar-refractivity contribution < 1.29 is 38.1 Å². The average Bonchev–Trinajstić information content (AvgIpc) is 3.03. The third kappa shape index (κ3) is 8.19. The topological polar surface area (TPSA) is 113 Å². The van der Waals surface area contributed by atoms with Crippen molar-refractivity contribution in [3.8, 4) is 23.0 Å². The van der Waals surface area contributed by atoms with E-state index in [2.05, 4.69) is 5.32 Å². The second kappa shape index (κ2) is 15.1. The number of amides is 1. The van der Waals surface area contributed by atoms with Crippen LogP contribution in [-0.2, 0) is 14.9 Å². The molecule has 2 heterocycles. The first-order valence-corrected chi connectivity index (χ1v) is 14.7. The number of rotatable bonds is 8. The van der Waals surface area contributed by atoms with Crippen molar-refractivity contribution in [2.75, 3.05) is 54.6 Å². The van der Waals surface area contributed by atoms with Gasteiger partial charge in [0.2, 0.25) is 0 Å². The smallest absolute Gasteiger partial charge is 0.410 e. The molecule has 2 fully saturated rings. The Morgan fingerprint density at radius 1 is 0.860 bits per heavy atom. The van der Waals surface area contributed by atoms with Crippen molar-refractivity contribution in [3.05, 3.63) is 47.5 Å². The minimum atomic E-state index is -0.516. The first kappa shape index (κ1) is 33.7. The molecule has 4 rings (SSSR count). The van der Waals surface area contributed by atoms with E-state index in [1.807, 2.05) is 39.0 Å². The summed E-state index contributed by atoms with van der Waals surface area (Å²) in [6.07, 6.45) is 3.54. The van der Waals surface area contributed by atoms with Gasteiger partial charge in [0, 0.05) is 24.6 Å².